The Labute approximate surface area is 176 Å². The molecule has 1 saturated heterocycles. The molecule has 1 fully saturated rings. The van der Waals surface area contributed by atoms with Gasteiger partial charge in [-0.15, -0.1) is 24.0 Å². The molecule has 6 heteroatoms. The van der Waals surface area contributed by atoms with Crippen molar-refractivity contribution in [3.63, 3.8) is 0 Å². The maximum Gasteiger partial charge on any atom is 0.191 e. The average Bonchev–Trinajstić information content (AvgIpc) is 2.61. The second-order valence-corrected chi connectivity index (χ2v) is 7.15. The normalized spacial score (nSPS) is 18.2. The van der Waals surface area contributed by atoms with E-state index in [-0.39, 0.29) is 35.6 Å². The molecule has 1 heterocycles. The third-order valence-corrected chi connectivity index (χ3v) is 5.26. The van der Waals surface area contributed by atoms with Gasteiger partial charge >= 0.3 is 0 Å². The summed E-state index contributed by atoms with van der Waals surface area (Å²) in [5.74, 6) is 0.881. The van der Waals surface area contributed by atoms with Gasteiger partial charge in [-0.25, -0.2) is 0 Å². The number of ether oxygens (including phenoxy) is 1. The fraction of sp³-hybridized carbons (Fsp3) is 0.650. The maximum atomic E-state index is 5.56. The molecule has 1 aliphatic rings. The van der Waals surface area contributed by atoms with Gasteiger partial charge in [-0.05, 0) is 58.8 Å². The molecule has 0 spiro atoms. The van der Waals surface area contributed by atoms with Crippen molar-refractivity contribution in [1.29, 1.82) is 0 Å². The third kappa shape index (κ3) is 6.09. The SMILES string of the molecule is CCNC(=NCC1(N(C)C)CCOCC1)NC(C)c1ccccc1C.I. The van der Waals surface area contributed by atoms with E-state index in [1.807, 2.05) is 0 Å². The average molecular weight is 474 g/mol. The highest BCUT2D eigenvalue weighted by molar-refractivity contribution is 14.0. The van der Waals surface area contributed by atoms with E-state index in [4.69, 9.17) is 9.73 Å². The zero-order chi connectivity index (χ0) is 18.3. The van der Waals surface area contributed by atoms with Crippen molar-refractivity contribution >= 4 is 29.9 Å². The van der Waals surface area contributed by atoms with E-state index in [0.717, 1.165) is 45.1 Å². The highest BCUT2D eigenvalue weighted by atomic mass is 127. The Bertz CT molecular complexity index is 571. The van der Waals surface area contributed by atoms with Crippen LogP contribution < -0.4 is 10.6 Å². The molecule has 0 aliphatic carbocycles. The predicted octanol–water partition coefficient (Wildman–Crippen LogP) is 3.34. The fourth-order valence-corrected chi connectivity index (χ4v) is 3.40. The standard InChI is InChI=1S/C20H34N4O.HI/c1-6-21-19(23-17(3)18-10-8-7-9-16(18)2)22-15-20(24(4)5)11-13-25-14-12-20;/h7-10,17H,6,11-15H2,1-5H3,(H2,21,22,23);1H. The second kappa shape index (κ2) is 11.1. The summed E-state index contributed by atoms with van der Waals surface area (Å²) in [5, 5.41) is 6.95. The number of nitrogens with one attached hydrogen (secondary N) is 2. The number of rotatable bonds is 6. The van der Waals surface area contributed by atoms with E-state index in [1.165, 1.54) is 11.1 Å². The molecule has 148 valence electrons. The Kier molecular flexibility index (Phi) is 9.89. The van der Waals surface area contributed by atoms with Gasteiger partial charge in [0, 0.05) is 25.3 Å². The molecule has 2 N–H and O–H groups in total. The molecule has 0 aromatic heterocycles. The Morgan fingerprint density at radius 1 is 1.27 bits per heavy atom. The lowest BCUT2D eigenvalue weighted by Crippen LogP contribution is -2.51. The Morgan fingerprint density at radius 2 is 1.92 bits per heavy atom. The first kappa shape index (κ1) is 23.2. The monoisotopic (exact) mass is 474 g/mol. The van der Waals surface area contributed by atoms with Gasteiger partial charge in [-0.2, -0.15) is 0 Å². The molecule has 0 radical (unpaired) electrons. The lowest BCUT2D eigenvalue weighted by atomic mass is 9.89. The second-order valence-electron chi connectivity index (χ2n) is 7.15. The number of aryl methyl sites for hydroxylation is 1. The van der Waals surface area contributed by atoms with Crippen LogP contribution in [0.2, 0.25) is 0 Å². The zero-order valence-electron chi connectivity index (χ0n) is 16.8. The summed E-state index contributed by atoms with van der Waals surface area (Å²) >= 11 is 0. The zero-order valence-corrected chi connectivity index (χ0v) is 19.2. The molecule has 1 aromatic carbocycles. The molecule has 0 amide bonds. The van der Waals surface area contributed by atoms with Crippen molar-refractivity contribution < 1.29 is 4.74 Å². The smallest absolute Gasteiger partial charge is 0.191 e. The van der Waals surface area contributed by atoms with Crippen LogP contribution in [0.1, 0.15) is 43.9 Å². The first-order valence-electron chi connectivity index (χ1n) is 9.34. The van der Waals surface area contributed by atoms with Gasteiger partial charge in [0.2, 0.25) is 0 Å². The lowest BCUT2D eigenvalue weighted by Gasteiger charge is -2.41. The van der Waals surface area contributed by atoms with Crippen LogP contribution in [0.25, 0.3) is 0 Å². The fourth-order valence-electron chi connectivity index (χ4n) is 3.40. The number of hydrogen-bond acceptors (Lipinski definition) is 3. The van der Waals surface area contributed by atoms with Crippen LogP contribution in [0.3, 0.4) is 0 Å². The molecular weight excluding hydrogens is 439 g/mol. The largest absolute Gasteiger partial charge is 0.381 e. The highest BCUT2D eigenvalue weighted by Crippen LogP contribution is 2.26. The van der Waals surface area contributed by atoms with Crippen LogP contribution >= 0.6 is 24.0 Å². The van der Waals surface area contributed by atoms with Crippen molar-refractivity contribution in [3.8, 4) is 0 Å². The van der Waals surface area contributed by atoms with E-state index in [9.17, 15) is 0 Å². The molecule has 1 unspecified atom stereocenters. The predicted molar refractivity (Wildman–Crippen MR) is 121 cm³/mol. The molecular formula is C20H35IN4O. The van der Waals surface area contributed by atoms with Crippen LogP contribution in [0, 0.1) is 6.92 Å². The van der Waals surface area contributed by atoms with Crippen molar-refractivity contribution in [2.75, 3.05) is 40.4 Å². The number of guanidine groups is 1. The van der Waals surface area contributed by atoms with Crippen molar-refractivity contribution in [2.45, 2.75) is 45.2 Å². The quantitative estimate of drug-likeness (QED) is 0.377. The van der Waals surface area contributed by atoms with Gasteiger partial charge < -0.3 is 20.3 Å². The van der Waals surface area contributed by atoms with Gasteiger partial charge in [0.05, 0.1) is 12.6 Å². The van der Waals surface area contributed by atoms with E-state index in [1.54, 1.807) is 0 Å². The molecule has 0 saturated carbocycles. The first-order valence-corrected chi connectivity index (χ1v) is 9.34. The Morgan fingerprint density at radius 3 is 2.50 bits per heavy atom. The van der Waals surface area contributed by atoms with Crippen LogP contribution in [-0.4, -0.2) is 56.8 Å². The van der Waals surface area contributed by atoms with Gasteiger partial charge in [0.1, 0.15) is 0 Å². The molecule has 1 aromatic rings. The summed E-state index contributed by atoms with van der Waals surface area (Å²) in [6.45, 7) is 9.70. The summed E-state index contributed by atoms with van der Waals surface area (Å²) in [5.41, 5.74) is 2.70. The van der Waals surface area contributed by atoms with Crippen molar-refractivity contribution in [3.05, 3.63) is 35.4 Å². The Balaban J connectivity index is 0.00000338. The first-order chi connectivity index (χ1) is 12.0. The van der Waals surface area contributed by atoms with E-state index >= 15 is 0 Å². The molecule has 1 atom stereocenters. The number of benzene rings is 1. The summed E-state index contributed by atoms with van der Waals surface area (Å²) in [4.78, 5) is 7.24. The van der Waals surface area contributed by atoms with Crippen molar-refractivity contribution in [2.24, 2.45) is 4.99 Å². The number of hydrogen-bond donors (Lipinski definition) is 2. The molecule has 2 rings (SSSR count). The molecule has 1 aliphatic heterocycles. The van der Waals surface area contributed by atoms with Gasteiger partial charge in [0.15, 0.2) is 5.96 Å². The van der Waals surface area contributed by atoms with E-state index < -0.39 is 0 Å². The van der Waals surface area contributed by atoms with Gasteiger partial charge in [-0.1, -0.05) is 24.3 Å². The lowest BCUT2D eigenvalue weighted by molar-refractivity contribution is -0.00255. The third-order valence-electron chi connectivity index (χ3n) is 5.26. The van der Waals surface area contributed by atoms with Gasteiger partial charge in [0.25, 0.3) is 0 Å². The highest BCUT2D eigenvalue weighted by Gasteiger charge is 2.34. The number of nitrogens with zero attached hydrogens (tertiary/aromatic N) is 2. The van der Waals surface area contributed by atoms with Gasteiger partial charge in [-0.3, -0.25) is 4.99 Å². The minimum absolute atomic E-state index is 0. The maximum absolute atomic E-state index is 5.56. The number of likely N-dealkylation sites (N-methyl/N-ethyl adjacent to an activating group) is 1. The van der Waals surface area contributed by atoms with Crippen LogP contribution in [0.5, 0.6) is 0 Å². The van der Waals surface area contributed by atoms with E-state index in [0.29, 0.717) is 0 Å². The summed E-state index contributed by atoms with van der Waals surface area (Å²) in [7, 11) is 4.30. The number of halogens is 1. The summed E-state index contributed by atoms with van der Waals surface area (Å²) in [6.07, 6.45) is 2.05. The minimum atomic E-state index is 0. The Hall–Kier alpha value is -0.860. The summed E-state index contributed by atoms with van der Waals surface area (Å²) in [6, 6.07) is 8.71. The molecule has 5 nitrogen and oxygen atoms in total. The summed E-state index contributed by atoms with van der Waals surface area (Å²) < 4.78 is 5.56. The van der Waals surface area contributed by atoms with Crippen LogP contribution in [0.15, 0.2) is 29.3 Å². The topological polar surface area (TPSA) is 48.9 Å². The van der Waals surface area contributed by atoms with Crippen LogP contribution in [0.4, 0.5) is 0 Å². The minimum Gasteiger partial charge on any atom is -0.381 e. The van der Waals surface area contributed by atoms with E-state index in [2.05, 4.69) is 74.7 Å². The van der Waals surface area contributed by atoms with Crippen molar-refractivity contribution in [1.82, 2.24) is 15.5 Å². The molecule has 0 bridgehead atoms. The van der Waals surface area contributed by atoms with Crippen LogP contribution in [-0.2, 0) is 4.74 Å². The molecule has 26 heavy (non-hydrogen) atoms. The number of aliphatic imine (C=N–C) groups is 1.